The van der Waals surface area contributed by atoms with E-state index in [0.29, 0.717) is 17.3 Å². The monoisotopic (exact) mass is 231 g/mol. The molecule has 1 aliphatic carbocycles. The average Bonchev–Trinajstić information content (AvgIpc) is 2.50. The predicted octanol–water partition coefficient (Wildman–Crippen LogP) is 3.82. The van der Waals surface area contributed by atoms with Gasteiger partial charge in [0.1, 0.15) is 0 Å². The lowest BCUT2D eigenvalue weighted by molar-refractivity contribution is 0.301. The smallest absolute Gasteiger partial charge is 0.00712 e. The second-order valence-corrected chi connectivity index (χ2v) is 6.41. The fourth-order valence-corrected chi connectivity index (χ4v) is 3.21. The maximum absolute atomic E-state index is 5.78. The van der Waals surface area contributed by atoms with E-state index >= 15 is 0 Å². The van der Waals surface area contributed by atoms with Gasteiger partial charge < -0.3 is 5.73 Å². The molecule has 0 amide bonds. The summed E-state index contributed by atoms with van der Waals surface area (Å²) in [5, 5.41) is 0. The van der Waals surface area contributed by atoms with Crippen LogP contribution < -0.4 is 5.73 Å². The summed E-state index contributed by atoms with van der Waals surface area (Å²) in [6.07, 6.45) is 2.31. The van der Waals surface area contributed by atoms with Crippen molar-refractivity contribution in [3.63, 3.8) is 0 Å². The second kappa shape index (κ2) is 4.45. The first-order chi connectivity index (χ1) is 7.95. The first-order valence-electron chi connectivity index (χ1n) is 6.78. The highest BCUT2D eigenvalue weighted by molar-refractivity contribution is 5.41. The maximum Gasteiger partial charge on any atom is -0.00712 e. The van der Waals surface area contributed by atoms with E-state index in [1.807, 2.05) is 0 Å². The standard InChI is InChI=1S/C16H25N/c1-11(2)12-5-6-13-10-16(3,4)15(7-8-17)14(13)9-12/h5-6,9,11,15H,7-8,10,17H2,1-4H3. The molecule has 1 unspecified atom stereocenters. The van der Waals surface area contributed by atoms with Gasteiger partial charge in [-0.3, -0.25) is 0 Å². The van der Waals surface area contributed by atoms with E-state index in [2.05, 4.69) is 45.9 Å². The van der Waals surface area contributed by atoms with Crippen LogP contribution in [0.4, 0.5) is 0 Å². The molecule has 1 aromatic carbocycles. The zero-order valence-electron chi connectivity index (χ0n) is 11.6. The minimum atomic E-state index is 0.372. The molecule has 0 radical (unpaired) electrons. The van der Waals surface area contributed by atoms with Crippen molar-refractivity contribution in [3.05, 3.63) is 34.9 Å². The van der Waals surface area contributed by atoms with Gasteiger partial charge in [0.2, 0.25) is 0 Å². The van der Waals surface area contributed by atoms with Gasteiger partial charge in [-0.2, -0.15) is 0 Å². The molecule has 1 aromatic rings. The number of hydrogen-bond donors (Lipinski definition) is 1. The van der Waals surface area contributed by atoms with Gasteiger partial charge in [-0.15, -0.1) is 0 Å². The summed E-state index contributed by atoms with van der Waals surface area (Å²) < 4.78 is 0. The molecule has 0 fully saturated rings. The first kappa shape index (κ1) is 12.6. The summed E-state index contributed by atoms with van der Waals surface area (Å²) in [5.41, 5.74) is 10.7. The largest absolute Gasteiger partial charge is 0.330 e. The average molecular weight is 231 g/mol. The zero-order valence-corrected chi connectivity index (χ0v) is 11.6. The predicted molar refractivity (Wildman–Crippen MR) is 74.4 cm³/mol. The lowest BCUT2D eigenvalue weighted by Gasteiger charge is -2.27. The van der Waals surface area contributed by atoms with E-state index in [-0.39, 0.29) is 0 Å². The molecule has 94 valence electrons. The van der Waals surface area contributed by atoms with E-state index in [9.17, 15) is 0 Å². The lowest BCUT2D eigenvalue weighted by Crippen LogP contribution is -2.20. The Labute approximate surface area is 105 Å². The molecule has 1 aliphatic rings. The molecule has 1 atom stereocenters. The molecule has 0 spiro atoms. The highest BCUT2D eigenvalue weighted by atomic mass is 14.5. The van der Waals surface area contributed by atoms with Crippen LogP contribution >= 0.6 is 0 Å². The van der Waals surface area contributed by atoms with Crippen LogP contribution in [0.2, 0.25) is 0 Å². The molecule has 0 bridgehead atoms. The SMILES string of the molecule is CC(C)c1ccc2c(c1)C(CCN)C(C)(C)C2. The summed E-state index contributed by atoms with van der Waals surface area (Å²) >= 11 is 0. The molecule has 0 saturated carbocycles. The minimum absolute atomic E-state index is 0.372. The molecule has 0 heterocycles. The highest BCUT2D eigenvalue weighted by Crippen LogP contribution is 2.48. The number of hydrogen-bond acceptors (Lipinski definition) is 1. The summed E-state index contributed by atoms with van der Waals surface area (Å²) in [6, 6.07) is 7.06. The molecular formula is C16H25N. The molecule has 0 saturated heterocycles. The van der Waals surface area contributed by atoms with Crippen LogP contribution in [-0.2, 0) is 6.42 Å². The van der Waals surface area contributed by atoms with Gasteiger partial charge >= 0.3 is 0 Å². The van der Waals surface area contributed by atoms with Crippen molar-refractivity contribution in [1.29, 1.82) is 0 Å². The van der Waals surface area contributed by atoms with Gasteiger partial charge in [-0.05, 0) is 53.3 Å². The van der Waals surface area contributed by atoms with Crippen LogP contribution in [0.15, 0.2) is 18.2 Å². The Morgan fingerprint density at radius 1 is 1.35 bits per heavy atom. The molecule has 17 heavy (non-hydrogen) atoms. The summed E-state index contributed by atoms with van der Waals surface area (Å²) in [7, 11) is 0. The van der Waals surface area contributed by atoms with Gasteiger partial charge in [0.25, 0.3) is 0 Å². The molecule has 0 aliphatic heterocycles. The first-order valence-corrected chi connectivity index (χ1v) is 6.78. The van der Waals surface area contributed by atoms with Crippen molar-refractivity contribution in [2.45, 2.75) is 52.4 Å². The van der Waals surface area contributed by atoms with Crippen LogP contribution in [0.3, 0.4) is 0 Å². The Kier molecular flexibility index (Phi) is 3.31. The van der Waals surface area contributed by atoms with Crippen LogP contribution in [-0.4, -0.2) is 6.54 Å². The van der Waals surface area contributed by atoms with Crippen LogP contribution in [0.25, 0.3) is 0 Å². The molecule has 1 heteroatoms. The third-order valence-corrected chi connectivity index (χ3v) is 4.26. The third kappa shape index (κ3) is 2.26. The Hall–Kier alpha value is -0.820. The van der Waals surface area contributed by atoms with Gasteiger partial charge in [0.15, 0.2) is 0 Å². The van der Waals surface area contributed by atoms with E-state index in [1.165, 1.54) is 17.5 Å². The summed E-state index contributed by atoms with van der Waals surface area (Å²) in [5.74, 6) is 1.25. The van der Waals surface area contributed by atoms with E-state index in [1.54, 1.807) is 5.56 Å². The lowest BCUT2D eigenvalue weighted by atomic mass is 9.78. The Morgan fingerprint density at radius 2 is 2.06 bits per heavy atom. The van der Waals surface area contributed by atoms with Crippen molar-refractivity contribution >= 4 is 0 Å². The molecule has 2 rings (SSSR count). The van der Waals surface area contributed by atoms with Crippen LogP contribution in [0.1, 0.15) is 62.6 Å². The minimum Gasteiger partial charge on any atom is -0.330 e. The van der Waals surface area contributed by atoms with Gasteiger partial charge in [0, 0.05) is 0 Å². The summed E-state index contributed by atoms with van der Waals surface area (Å²) in [6.45, 7) is 10.1. The van der Waals surface area contributed by atoms with E-state index in [0.717, 1.165) is 13.0 Å². The fourth-order valence-electron chi connectivity index (χ4n) is 3.21. The maximum atomic E-state index is 5.78. The molecule has 2 N–H and O–H groups in total. The normalized spacial score (nSPS) is 21.9. The number of rotatable bonds is 3. The Balaban J connectivity index is 2.41. The van der Waals surface area contributed by atoms with Gasteiger partial charge in [-0.1, -0.05) is 45.9 Å². The quantitative estimate of drug-likeness (QED) is 0.840. The topological polar surface area (TPSA) is 26.0 Å². The van der Waals surface area contributed by atoms with Crippen molar-refractivity contribution in [3.8, 4) is 0 Å². The third-order valence-electron chi connectivity index (χ3n) is 4.26. The zero-order chi connectivity index (χ0) is 12.6. The Bertz CT molecular complexity index is 404. The van der Waals surface area contributed by atoms with Gasteiger partial charge in [0.05, 0.1) is 0 Å². The number of fused-ring (bicyclic) bond motifs is 1. The van der Waals surface area contributed by atoms with Crippen LogP contribution in [0, 0.1) is 5.41 Å². The highest BCUT2D eigenvalue weighted by Gasteiger charge is 2.38. The van der Waals surface area contributed by atoms with Gasteiger partial charge in [-0.25, -0.2) is 0 Å². The molecule has 1 nitrogen and oxygen atoms in total. The van der Waals surface area contributed by atoms with Crippen LogP contribution in [0.5, 0.6) is 0 Å². The molecular weight excluding hydrogens is 206 g/mol. The van der Waals surface area contributed by atoms with Crippen molar-refractivity contribution in [2.24, 2.45) is 11.1 Å². The van der Waals surface area contributed by atoms with E-state index < -0.39 is 0 Å². The fraction of sp³-hybridized carbons (Fsp3) is 0.625. The van der Waals surface area contributed by atoms with Crippen molar-refractivity contribution < 1.29 is 0 Å². The number of nitrogens with two attached hydrogens (primary N) is 1. The second-order valence-electron chi connectivity index (χ2n) is 6.41. The van der Waals surface area contributed by atoms with Crippen molar-refractivity contribution in [2.75, 3.05) is 6.54 Å². The van der Waals surface area contributed by atoms with Crippen molar-refractivity contribution in [1.82, 2.24) is 0 Å². The molecule has 0 aromatic heterocycles. The Morgan fingerprint density at radius 3 is 2.65 bits per heavy atom. The summed E-state index contributed by atoms with van der Waals surface area (Å²) in [4.78, 5) is 0. The number of benzene rings is 1. The van der Waals surface area contributed by atoms with E-state index in [4.69, 9.17) is 5.73 Å².